The van der Waals surface area contributed by atoms with Gasteiger partial charge in [-0.05, 0) is 50.3 Å². The van der Waals surface area contributed by atoms with Crippen molar-refractivity contribution in [2.45, 2.75) is 45.6 Å². The Morgan fingerprint density at radius 3 is 2.95 bits per heavy atom. The van der Waals surface area contributed by atoms with Gasteiger partial charge in [-0.15, -0.1) is 0 Å². The van der Waals surface area contributed by atoms with Crippen molar-refractivity contribution in [3.63, 3.8) is 0 Å². The lowest BCUT2D eigenvalue weighted by Crippen LogP contribution is -2.47. The van der Waals surface area contributed by atoms with Crippen LogP contribution in [0.3, 0.4) is 0 Å². The number of urea groups is 1. The van der Waals surface area contributed by atoms with Crippen LogP contribution in [0, 0.1) is 0 Å². The van der Waals surface area contributed by atoms with Crippen molar-refractivity contribution in [1.82, 2.24) is 10.6 Å². The van der Waals surface area contributed by atoms with Crippen molar-refractivity contribution in [2.75, 3.05) is 18.4 Å². The molecule has 3 N–H and O–H groups in total. The third-order valence-corrected chi connectivity index (χ3v) is 3.73. The van der Waals surface area contributed by atoms with Gasteiger partial charge in [-0.3, -0.25) is 0 Å². The maximum absolute atomic E-state index is 11.9. The average Bonchev–Trinajstić information content (AvgIpc) is 2.44. The standard InChI is InChI=1S/C16H25N3O/c1-4-10-18-15(20)19-16(2,3)13-8-5-9-14-12(13)7-6-11-17-14/h5,8-9,17H,4,6-7,10-11H2,1-3H3,(H2,18,19,20). The lowest BCUT2D eigenvalue weighted by atomic mass is 9.86. The van der Waals surface area contributed by atoms with Crippen LogP contribution < -0.4 is 16.0 Å². The van der Waals surface area contributed by atoms with Crippen molar-refractivity contribution in [2.24, 2.45) is 0 Å². The molecule has 0 saturated carbocycles. The average molecular weight is 275 g/mol. The second-order valence-electron chi connectivity index (χ2n) is 5.87. The van der Waals surface area contributed by atoms with Crippen LogP contribution in [0.1, 0.15) is 44.7 Å². The zero-order valence-electron chi connectivity index (χ0n) is 12.7. The van der Waals surface area contributed by atoms with E-state index in [1.165, 1.54) is 16.8 Å². The molecule has 0 aliphatic carbocycles. The van der Waals surface area contributed by atoms with E-state index in [4.69, 9.17) is 0 Å². The van der Waals surface area contributed by atoms with Gasteiger partial charge in [0.05, 0.1) is 5.54 Å². The number of amides is 2. The molecule has 0 fully saturated rings. The summed E-state index contributed by atoms with van der Waals surface area (Å²) in [7, 11) is 0. The van der Waals surface area contributed by atoms with Gasteiger partial charge in [-0.25, -0.2) is 4.79 Å². The van der Waals surface area contributed by atoms with Crippen molar-refractivity contribution >= 4 is 11.7 Å². The summed E-state index contributed by atoms with van der Waals surface area (Å²) in [5, 5.41) is 9.39. The normalized spacial score (nSPS) is 14.2. The van der Waals surface area contributed by atoms with Gasteiger partial charge in [0, 0.05) is 18.8 Å². The Morgan fingerprint density at radius 1 is 1.40 bits per heavy atom. The van der Waals surface area contributed by atoms with Gasteiger partial charge < -0.3 is 16.0 Å². The SMILES string of the molecule is CCCNC(=O)NC(C)(C)c1cccc2c1CCCN2. The Balaban J connectivity index is 2.18. The molecule has 0 unspecified atom stereocenters. The first-order valence-corrected chi connectivity index (χ1v) is 7.47. The molecule has 0 saturated heterocycles. The number of carbonyl (C=O) groups is 1. The van der Waals surface area contributed by atoms with E-state index in [2.05, 4.69) is 48.0 Å². The number of benzene rings is 1. The molecule has 2 rings (SSSR count). The summed E-state index contributed by atoms with van der Waals surface area (Å²) < 4.78 is 0. The summed E-state index contributed by atoms with van der Waals surface area (Å²) in [5.41, 5.74) is 3.37. The van der Waals surface area contributed by atoms with Crippen LogP contribution >= 0.6 is 0 Å². The van der Waals surface area contributed by atoms with Crippen molar-refractivity contribution in [1.29, 1.82) is 0 Å². The van der Waals surface area contributed by atoms with E-state index in [-0.39, 0.29) is 11.6 Å². The summed E-state index contributed by atoms with van der Waals surface area (Å²) in [6.45, 7) is 7.90. The molecule has 0 spiro atoms. The van der Waals surface area contributed by atoms with Crippen LogP contribution in [0.25, 0.3) is 0 Å². The number of fused-ring (bicyclic) bond motifs is 1. The van der Waals surface area contributed by atoms with Crippen molar-refractivity contribution in [3.8, 4) is 0 Å². The van der Waals surface area contributed by atoms with Crippen LogP contribution in [0.2, 0.25) is 0 Å². The fourth-order valence-corrected chi connectivity index (χ4v) is 2.73. The van der Waals surface area contributed by atoms with Crippen LogP contribution in [0.15, 0.2) is 18.2 Å². The first kappa shape index (κ1) is 14.7. The topological polar surface area (TPSA) is 53.2 Å². The number of rotatable bonds is 4. The Hall–Kier alpha value is -1.71. The van der Waals surface area contributed by atoms with Crippen molar-refractivity contribution < 1.29 is 4.79 Å². The van der Waals surface area contributed by atoms with E-state index in [0.29, 0.717) is 6.54 Å². The fourth-order valence-electron chi connectivity index (χ4n) is 2.73. The minimum atomic E-state index is -0.373. The second-order valence-corrected chi connectivity index (χ2v) is 5.87. The number of anilines is 1. The number of carbonyl (C=O) groups excluding carboxylic acids is 1. The number of hydrogen-bond donors (Lipinski definition) is 3. The van der Waals surface area contributed by atoms with Crippen LogP contribution in [-0.2, 0) is 12.0 Å². The minimum absolute atomic E-state index is 0.0989. The quantitative estimate of drug-likeness (QED) is 0.791. The van der Waals surface area contributed by atoms with Crippen LogP contribution in [-0.4, -0.2) is 19.1 Å². The molecule has 4 heteroatoms. The first-order chi connectivity index (χ1) is 9.54. The van der Waals surface area contributed by atoms with Gasteiger partial charge in [-0.1, -0.05) is 19.1 Å². The van der Waals surface area contributed by atoms with Crippen LogP contribution in [0.5, 0.6) is 0 Å². The van der Waals surface area contributed by atoms with Gasteiger partial charge >= 0.3 is 6.03 Å². The molecule has 0 bridgehead atoms. The summed E-state index contributed by atoms with van der Waals surface area (Å²) in [6.07, 6.45) is 3.15. The van der Waals surface area contributed by atoms with Gasteiger partial charge in [-0.2, -0.15) is 0 Å². The largest absolute Gasteiger partial charge is 0.385 e. The first-order valence-electron chi connectivity index (χ1n) is 7.47. The fraction of sp³-hybridized carbons (Fsp3) is 0.562. The van der Waals surface area contributed by atoms with Crippen molar-refractivity contribution in [3.05, 3.63) is 29.3 Å². The number of hydrogen-bond acceptors (Lipinski definition) is 2. The maximum atomic E-state index is 11.9. The highest BCUT2D eigenvalue weighted by molar-refractivity contribution is 5.75. The van der Waals surface area contributed by atoms with Gasteiger partial charge in [0.15, 0.2) is 0 Å². The summed E-state index contributed by atoms with van der Waals surface area (Å²) in [4.78, 5) is 11.9. The van der Waals surface area contributed by atoms with E-state index in [0.717, 1.165) is 25.8 Å². The molecule has 110 valence electrons. The predicted octanol–water partition coefficient (Wildman–Crippen LogP) is 2.99. The Morgan fingerprint density at radius 2 is 2.20 bits per heavy atom. The van der Waals surface area contributed by atoms with Gasteiger partial charge in [0.2, 0.25) is 0 Å². The van der Waals surface area contributed by atoms with E-state index < -0.39 is 0 Å². The molecule has 1 heterocycles. The Labute approximate surface area is 121 Å². The molecule has 20 heavy (non-hydrogen) atoms. The van der Waals surface area contributed by atoms with Crippen LogP contribution in [0.4, 0.5) is 10.5 Å². The highest BCUT2D eigenvalue weighted by Crippen LogP contribution is 2.32. The van der Waals surface area contributed by atoms with E-state index in [1.54, 1.807) is 0 Å². The van der Waals surface area contributed by atoms with E-state index in [1.807, 2.05) is 6.92 Å². The monoisotopic (exact) mass is 275 g/mol. The molecule has 1 aromatic rings. The molecule has 1 aliphatic rings. The molecular weight excluding hydrogens is 250 g/mol. The second kappa shape index (κ2) is 6.16. The smallest absolute Gasteiger partial charge is 0.315 e. The summed E-state index contributed by atoms with van der Waals surface area (Å²) in [6, 6.07) is 6.19. The van der Waals surface area contributed by atoms with Gasteiger partial charge in [0.25, 0.3) is 0 Å². The molecule has 2 amide bonds. The molecule has 0 aromatic heterocycles. The third-order valence-electron chi connectivity index (χ3n) is 3.73. The Kier molecular flexibility index (Phi) is 4.53. The highest BCUT2D eigenvalue weighted by Gasteiger charge is 2.27. The minimum Gasteiger partial charge on any atom is -0.385 e. The highest BCUT2D eigenvalue weighted by atomic mass is 16.2. The summed E-state index contributed by atoms with van der Waals surface area (Å²) in [5.74, 6) is 0. The lowest BCUT2D eigenvalue weighted by molar-refractivity contribution is 0.230. The van der Waals surface area contributed by atoms with E-state index >= 15 is 0 Å². The van der Waals surface area contributed by atoms with Gasteiger partial charge in [0.1, 0.15) is 0 Å². The zero-order chi connectivity index (χ0) is 14.6. The number of nitrogens with one attached hydrogen (secondary N) is 3. The van der Waals surface area contributed by atoms with E-state index in [9.17, 15) is 4.79 Å². The molecule has 1 aromatic carbocycles. The Bertz CT molecular complexity index is 483. The molecule has 0 radical (unpaired) electrons. The molecule has 4 nitrogen and oxygen atoms in total. The molecular formula is C16H25N3O. The molecule has 1 aliphatic heterocycles. The summed E-state index contributed by atoms with van der Waals surface area (Å²) >= 11 is 0. The maximum Gasteiger partial charge on any atom is 0.315 e. The molecule has 0 atom stereocenters. The zero-order valence-corrected chi connectivity index (χ0v) is 12.7. The lowest BCUT2D eigenvalue weighted by Gasteiger charge is -2.32. The third kappa shape index (κ3) is 3.24. The predicted molar refractivity (Wildman–Crippen MR) is 83.1 cm³/mol.